The minimum atomic E-state index is -4.59. The molecule has 1 fully saturated rings. The molecular weight excluding hydrogens is 513 g/mol. The molecule has 1 amide bonds. The van der Waals surface area contributed by atoms with Crippen LogP contribution in [-0.4, -0.2) is 55.2 Å². The van der Waals surface area contributed by atoms with Crippen LogP contribution in [0, 0.1) is 0 Å². The van der Waals surface area contributed by atoms with Crippen molar-refractivity contribution >= 4 is 34.7 Å². The Labute approximate surface area is 214 Å². The van der Waals surface area contributed by atoms with Gasteiger partial charge in [-0.1, -0.05) is 11.6 Å². The van der Waals surface area contributed by atoms with E-state index in [9.17, 15) is 18.0 Å². The van der Waals surface area contributed by atoms with Crippen molar-refractivity contribution in [1.82, 2.24) is 15.3 Å². The second-order valence-corrected chi connectivity index (χ2v) is 8.71. The van der Waals surface area contributed by atoms with Gasteiger partial charge in [-0.3, -0.25) is 4.79 Å². The van der Waals surface area contributed by atoms with Crippen molar-refractivity contribution in [2.24, 2.45) is 0 Å². The van der Waals surface area contributed by atoms with Crippen LogP contribution in [0.25, 0.3) is 0 Å². The molecule has 194 valence electrons. The van der Waals surface area contributed by atoms with E-state index in [1.807, 2.05) is 0 Å². The molecule has 0 radical (unpaired) electrons. The fraction of sp³-hybridized carbons (Fsp3) is 0.292. The molecule has 37 heavy (non-hydrogen) atoms. The zero-order valence-electron chi connectivity index (χ0n) is 19.4. The summed E-state index contributed by atoms with van der Waals surface area (Å²) in [5.74, 6) is 0.367. The molecule has 1 aromatic heterocycles. The molecule has 2 aromatic carbocycles. The molecular formula is C24H22ClF3N6O3. The molecule has 0 bridgehead atoms. The Morgan fingerprint density at radius 2 is 1.92 bits per heavy atom. The molecule has 9 nitrogen and oxygen atoms in total. The molecule has 2 aliphatic heterocycles. The summed E-state index contributed by atoms with van der Waals surface area (Å²) in [5, 5.41) is 8.91. The first-order chi connectivity index (χ1) is 17.8. The van der Waals surface area contributed by atoms with Gasteiger partial charge in [0.2, 0.25) is 5.75 Å². The minimum absolute atomic E-state index is 0.0120. The number of nitrogens with one attached hydrogen (secondary N) is 3. The van der Waals surface area contributed by atoms with Crippen LogP contribution in [0.5, 0.6) is 17.4 Å². The van der Waals surface area contributed by atoms with Crippen LogP contribution in [0.4, 0.5) is 30.4 Å². The largest absolute Gasteiger partial charge is 0.483 e. The van der Waals surface area contributed by atoms with E-state index in [4.69, 9.17) is 21.1 Å². The summed E-state index contributed by atoms with van der Waals surface area (Å²) in [7, 11) is 0. The third kappa shape index (κ3) is 5.49. The molecule has 5 rings (SSSR count). The number of amides is 1. The first-order valence-corrected chi connectivity index (χ1v) is 11.8. The van der Waals surface area contributed by atoms with Crippen molar-refractivity contribution in [3.63, 3.8) is 0 Å². The molecule has 0 atom stereocenters. The third-order valence-corrected chi connectivity index (χ3v) is 6.14. The summed E-state index contributed by atoms with van der Waals surface area (Å²) >= 11 is 6.27. The maximum Gasteiger partial charge on any atom is 0.418 e. The van der Waals surface area contributed by atoms with Gasteiger partial charge in [0.25, 0.3) is 11.8 Å². The van der Waals surface area contributed by atoms with E-state index in [0.717, 1.165) is 6.07 Å². The topological polar surface area (TPSA) is 101 Å². The fourth-order valence-corrected chi connectivity index (χ4v) is 4.22. The summed E-state index contributed by atoms with van der Waals surface area (Å²) < 4.78 is 53.0. The van der Waals surface area contributed by atoms with E-state index in [0.29, 0.717) is 50.9 Å². The second-order valence-electron chi connectivity index (χ2n) is 8.30. The molecule has 13 heteroatoms. The quantitative estimate of drug-likeness (QED) is 0.443. The van der Waals surface area contributed by atoms with Crippen LogP contribution >= 0.6 is 11.6 Å². The Balaban J connectivity index is 1.37. The Morgan fingerprint density at radius 3 is 2.70 bits per heavy atom. The Bertz CT molecular complexity index is 1320. The SMILES string of the molecule is O=C(Nc1ccc(N2CCNCC2)c(C(F)(F)F)c1)c1ccc(Cl)c(Oc2ncnc3c2OCCN3)c1. The van der Waals surface area contributed by atoms with E-state index in [1.54, 1.807) is 4.90 Å². The number of halogens is 4. The first kappa shape index (κ1) is 24.9. The fourth-order valence-electron chi connectivity index (χ4n) is 4.06. The molecule has 2 aliphatic rings. The average molecular weight is 535 g/mol. The second kappa shape index (κ2) is 10.3. The lowest BCUT2D eigenvalue weighted by Crippen LogP contribution is -2.44. The van der Waals surface area contributed by atoms with Crippen molar-refractivity contribution in [1.29, 1.82) is 0 Å². The van der Waals surface area contributed by atoms with Gasteiger partial charge in [-0.25, -0.2) is 4.98 Å². The van der Waals surface area contributed by atoms with Gasteiger partial charge in [-0.05, 0) is 36.4 Å². The van der Waals surface area contributed by atoms with Crippen LogP contribution in [0.15, 0.2) is 42.7 Å². The lowest BCUT2D eigenvalue weighted by molar-refractivity contribution is -0.137. The third-order valence-electron chi connectivity index (χ3n) is 5.83. The molecule has 0 unspecified atom stereocenters. The van der Waals surface area contributed by atoms with Gasteiger partial charge in [0.05, 0.1) is 17.1 Å². The number of hydrogen-bond donors (Lipinski definition) is 3. The molecule has 1 saturated heterocycles. The van der Waals surface area contributed by atoms with Gasteiger partial charge in [-0.15, -0.1) is 0 Å². The van der Waals surface area contributed by atoms with Gasteiger partial charge in [0.15, 0.2) is 5.82 Å². The van der Waals surface area contributed by atoms with Crippen LogP contribution in [0.3, 0.4) is 0 Å². The maximum atomic E-state index is 13.9. The van der Waals surface area contributed by atoms with E-state index in [1.165, 1.54) is 36.7 Å². The number of nitrogens with zero attached hydrogens (tertiary/aromatic N) is 3. The Morgan fingerprint density at radius 1 is 1.11 bits per heavy atom. The van der Waals surface area contributed by atoms with Crippen LogP contribution < -0.4 is 30.3 Å². The number of rotatable bonds is 5. The summed E-state index contributed by atoms with van der Waals surface area (Å²) in [6, 6.07) is 8.05. The zero-order chi connectivity index (χ0) is 26.0. The van der Waals surface area contributed by atoms with Gasteiger partial charge < -0.3 is 30.3 Å². The van der Waals surface area contributed by atoms with Crippen molar-refractivity contribution in [2.45, 2.75) is 6.18 Å². The number of ether oxygens (including phenoxy) is 2. The minimum Gasteiger partial charge on any atom is -0.483 e. The number of alkyl halides is 3. The summed E-state index contributed by atoms with van der Waals surface area (Å²) in [6.07, 6.45) is -3.29. The highest BCUT2D eigenvalue weighted by Crippen LogP contribution is 2.40. The van der Waals surface area contributed by atoms with Gasteiger partial charge in [0, 0.05) is 43.1 Å². The van der Waals surface area contributed by atoms with E-state index in [2.05, 4.69) is 25.9 Å². The number of benzene rings is 2. The lowest BCUT2D eigenvalue weighted by atomic mass is 10.1. The Kier molecular flexibility index (Phi) is 6.94. The van der Waals surface area contributed by atoms with E-state index < -0.39 is 17.6 Å². The number of hydrogen-bond acceptors (Lipinski definition) is 8. The predicted octanol–water partition coefficient (Wildman–Crippen LogP) is 4.41. The van der Waals surface area contributed by atoms with Crippen LogP contribution in [0.2, 0.25) is 5.02 Å². The number of carbonyl (C=O) groups excluding carboxylic acids is 1. The van der Waals surface area contributed by atoms with Gasteiger partial charge >= 0.3 is 6.18 Å². The monoisotopic (exact) mass is 534 g/mol. The predicted molar refractivity (Wildman–Crippen MR) is 132 cm³/mol. The van der Waals surface area contributed by atoms with Gasteiger partial charge in [0.1, 0.15) is 18.7 Å². The molecule has 0 aliphatic carbocycles. The highest BCUT2D eigenvalue weighted by Gasteiger charge is 2.35. The summed E-state index contributed by atoms with van der Waals surface area (Å²) in [5.41, 5.74) is -0.590. The average Bonchev–Trinajstić information content (AvgIpc) is 2.90. The van der Waals surface area contributed by atoms with E-state index >= 15 is 0 Å². The number of aromatic nitrogens is 2. The molecule has 3 aromatic rings. The number of piperazine rings is 1. The van der Waals surface area contributed by atoms with Crippen LogP contribution in [-0.2, 0) is 6.18 Å². The first-order valence-electron chi connectivity index (χ1n) is 11.5. The van der Waals surface area contributed by atoms with Crippen molar-refractivity contribution in [2.75, 3.05) is 54.9 Å². The van der Waals surface area contributed by atoms with Crippen LogP contribution in [0.1, 0.15) is 15.9 Å². The number of fused-ring (bicyclic) bond motifs is 1. The van der Waals surface area contributed by atoms with Gasteiger partial charge in [-0.2, -0.15) is 18.2 Å². The highest BCUT2D eigenvalue weighted by atomic mass is 35.5. The smallest absolute Gasteiger partial charge is 0.418 e. The summed E-state index contributed by atoms with van der Waals surface area (Å²) in [4.78, 5) is 22.8. The van der Waals surface area contributed by atoms with E-state index in [-0.39, 0.29) is 33.6 Å². The zero-order valence-corrected chi connectivity index (χ0v) is 20.1. The summed E-state index contributed by atoms with van der Waals surface area (Å²) in [6.45, 7) is 3.07. The van der Waals surface area contributed by atoms with Crippen molar-refractivity contribution in [3.05, 3.63) is 58.9 Å². The van der Waals surface area contributed by atoms with Crippen molar-refractivity contribution in [3.8, 4) is 17.4 Å². The highest BCUT2D eigenvalue weighted by molar-refractivity contribution is 6.32. The Hall–Kier alpha value is -3.77. The molecule has 0 saturated carbocycles. The maximum absolute atomic E-state index is 13.9. The number of carbonyl (C=O) groups is 1. The number of anilines is 3. The standard InChI is InChI=1S/C24H22ClF3N6O3/c25-17-3-1-14(11-19(17)37-23-20-21(31-13-32-23)30-7-10-36-20)22(35)33-15-2-4-18(16(12-15)24(26,27)28)34-8-5-29-6-9-34/h1-4,11-13,29H,5-10H2,(H,33,35)(H,30,31,32). The van der Waals surface area contributed by atoms with Crippen molar-refractivity contribution < 1.29 is 27.4 Å². The molecule has 3 N–H and O–H groups in total. The lowest BCUT2D eigenvalue weighted by Gasteiger charge is -2.31. The molecule has 0 spiro atoms. The molecule has 3 heterocycles. The normalized spacial score (nSPS) is 15.3.